The van der Waals surface area contributed by atoms with Crippen LogP contribution in [0.5, 0.6) is 0 Å². The zero-order chi connectivity index (χ0) is 13.2. The molecule has 2 aliphatic rings. The molecule has 0 radical (unpaired) electrons. The van der Waals surface area contributed by atoms with Crippen molar-refractivity contribution in [3.05, 3.63) is 23.9 Å². The van der Waals surface area contributed by atoms with E-state index in [2.05, 4.69) is 9.13 Å². The van der Waals surface area contributed by atoms with Crippen LogP contribution in [0.3, 0.4) is 0 Å². The fourth-order valence-corrected chi connectivity index (χ4v) is 2.47. The summed E-state index contributed by atoms with van der Waals surface area (Å²) >= 11 is 0. The monoisotopic (exact) mass is 267 g/mol. The molecule has 0 bridgehead atoms. The molecular weight excluding hydrogens is 258 g/mol. The average Bonchev–Trinajstić information content (AvgIpc) is 2.34. The summed E-state index contributed by atoms with van der Waals surface area (Å²) in [5.41, 5.74) is 0.253. The van der Waals surface area contributed by atoms with E-state index in [9.17, 15) is 13.2 Å². The zero-order valence-corrected chi connectivity index (χ0v) is 10.1. The van der Waals surface area contributed by atoms with Gasteiger partial charge in [-0.05, 0) is 12.2 Å². The third-order valence-corrected chi connectivity index (χ3v) is 3.49. The highest BCUT2D eigenvalue weighted by Gasteiger charge is 2.25. The summed E-state index contributed by atoms with van der Waals surface area (Å²) in [5.74, 6) is -0.445. The smallest absolute Gasteiger partial charge is 0.340 e. The number of carbonyl (C=O) groups excluding carboxylic acids is 1. The number of fused-ring (bicyclic) bond motifs is 1. The maximum Gasteiger partial charge on any atom is 0.340 e. The van der Waals surface area contributed by atoms with Gasteiger partial charge in [-0.2, -0.15) is 5.26 Å². The molecule has 0 spiro atoms. The normalized spacial score (nSPS) is 20.3. The third-order valence-electron chi connectivity index (χ3n) is 2.33. The van der Waals surface area contributed by atoms with Crippen LogP contribution >= 0.6 is 0 Å². The molecule has 0 N–H and O–H groups in total. The Bertz CT molecular complexity index is 610. The Morgan fingerprint density at radius 1 is 1.56 bits per heavy atom. The molecule has 0 aromatic rings. The van der Waals surface area contributed by atoms with Crippen molar-refractivity contribution in [3.8, 4) is 6.07 Å². The second-order valence-electron chi connectivity index (χ2n) is 3.58. The molecule has 2 aliphatic heterocycles. The van der Waals surface area contributed by atoms with Crippen LogP contribution in [0.4, 0.5) is 0 Å². The largest absolute Gasteiger partial charge is 0.447 e. The Morgan fingerprint density at radius 2 is 2.33 bits per heavy atom. The van der Waals surface area contributed by atoms with E-state index in [1.54, 1.807) is 11.0 Å². The fraction of sp³-hybridized carbons (Fsp3) is 0.300. The second-order valence-corrected chi connectivity index (χ2v) is 5.34. The number of hydrogen-bond acceptors (Lipinski definition) is 6. The second kappa shape index (κ2) is 4.62. The molecule has 2 heterocycles. The van der Waals surface area contributed by atoms with Gasteiger partial charge in [-0.1, -0.05) is 0 Å². The molecule has 0 amide bonds. The van der Waals surface area contributed by atoms with E-state index >= 15 is 0 Å². The fourth-order valence-electron chi connectivity index (χ4n) is 1.50. The van der Waals surface area contributed by atoms with E-state index in [1.807, 2.05) is 0 Å². The van der Waals surface area contributed by atoms with Crippen molar-refractivity contribution >= 4 is 21.8 Å². The predicted octanol–water partition coefficient (Wildman–Crippen LogP) is -0.449. The van der Waals surface area contributed by atoms with E-state index in [-0.39, 0.29) is 30.3 Å². The van der Waals surface area contributed by atoms with E-state index in [1.165, 1.54) is 18.4 Å². The van der Waals surface area contributed by atoms with E-state index < -0.39 is 16.0 Å². The Hall–Kier alpha value is -2.14. The van der Waals surface area contributed by atoms with Crippen LogP contribution < -0.4 is 0 Å². The van der Waals surface area contributed by atoms with Crippen LogP contribution in [0.15, 0.2) is 28.3 Å². The number of sulfonamides is 1. The summed E-state index contributed by atoms with van der Waals surface area (Å²) in [4.78, 5) is 13.0. The first-order valence-electron chi connectivity index (χ1n) is 5.05. The Balaban J connectivity index is 2.18. The molecule has 7 nitrogen and oxygen atoms in total. The number of carbonyl (C=O) groups is 1. The number of ether oxygens (including phenoxy) is 1. The van der Waals surface area contributed by atoms with Crippen molar-refractivity contribution in [2.75, 3.05) is 18.9 Å². The summed E-state index contributed by atoms with van der Waals surface area (Å²) in [5, 5.41) is 8.30. The molecule has 18 heavy (non-hydrogen) atoms. The first-order chi connectivity index (χ1) is 8.52. The number of hydrogen-bond donors (Lipinski definition) is 0. The zero-order valence-electron chi connectivity index (χ0n) is 9.24. The maximum absolute atomic E-state index is 11.5. The van der Waals surface area contributed by atoms with Gasteiger partial charge in [0.05, 0.1) is 11.3 Å². The van der Waals surface area contributed by atoms with Gasteiger partial charge in [-0.25, -0.2) is 13.2 Å². The lowest BCUT2D eigenvalue weighted by Crippen LogP contribution is -2.37. The lowest BCUT2D eigenvalue weighted by atomic mass is 10.2. The van der Waals surface area contributed by atoms with Crippen molar-refractivity contribution in [1.29, 1.82) is 5.26 Å². The predicted molar refractivity (Wildman–Crippen MR) is 61.7 cm³/mol. The number of rotatable bonds is 2. The van der Waals surface area contributed by atoms with Gasteiger partial charge in [0, 0.05) is 12.7 Å². The minimum Gasteiger partial charge on any atom is -0.447 e. The van der Waals surface area contributed by atoms with Crippen molar-refractivity contribution in [2.45, 2.75) is 0 Å². The summed E-state index contributed by atoms with van der Waals surface area (Å²) in [6, 6.07) is 1.69. The molecule has 0 aromatic heterocycles. The van der Waals surface area contributed by atoms with Crippen molar-refractivity contribution in [3.63, 3.8) is 0 Å². The summed E-state index contributed by atoms with van der Waals surface area (Å²) in [6.45, 7) is -0.0835. The first-order valence-corrected chi connectivity index (χ1v) is 6.66. The van der Waals surface area contributed by atoms with Gasteiger partial charge in [0.15, 0.2) is 6.61 Å². The molecular formula is C10H9N3O4S. The van der Waals surface area contributed by atoms with Crippen LogP contribution in [0, 0.1) is 11.3 Å². The van der Waals surface area contributed by atoms with E-state index in [0.717, 1.165) is 0 Å². The molecule has 0 atom stereocenters. The molecule has 2 rings (SSSR count). The van der Waals surface area contributed by atoms with Crippen LogP contribution in [0.25, 0.3) is 0 Å². The quantitative estimate of drug-likeness (QED) is 0.628. The number of nitrogens with zero attached hydrogens (tertiary/aromatic N) is 3. The van der Waals surface area contributed by atoms with Gasteiger partial charge in [0.25, 0.3) is 10.0 Å². The number of amidine groups is 1. The van der Waals surface area contributed by atoms with Crippen LogP contribution in [-0.2, 0) is 19.6 Å². The number of nitriles is 1. The lowest BCUT2D eigenvalue weighted by molar-refractivity contribution is -0.137. The molecule has 0 saturated carbocycles. The minimum absolute atomic E-state index is 0.0959. The average molecular weight is 267 g/mol. The van der Waals surface area contributed by atoms with Crippen molar-refractivity contribution in [1.82, 2.24) is 4.90 Å². The van der Waals surface area contributed by atoms with Gasteiger partial charge in [-0.3, -0.25) is 0 Å². The summed E-state index contributed by atoms with van der Waals surface area (Å²) in [7, 11) is -3.40. The van der Waals surface area contributed by atoms with Crippen LogP contribution in [-0.4, -0.2) is 44.0 Å². The summed E-state index contributed by atoms with van der Waals surface area (Å²) < 4.78 is 30.7. The molecule has 8 heteroatoms. The van der Waals surface area contributed by atoms with Crippen LogP contribution in [0.1, 0.15) is 0 Å². The molecule has 0 fully saturated rings. The molecule has 0 aliphatic carbocycles. The van der Waals surface area contributed by atoms with Crippen molar-refractivity contribution in [2.24, 2.45) is 4.40 Å². The highest BCUT2D eigenvalue weighted by atomic mass is 32.2. The maximum atomic E-state index is 11.5. The van der Waals surface area contributed by atoms with Gasteiger partial charge >= 0.3 is 5.97 Å². The van der Waals surface area contributed by atoms with Crippen molar-refractivity contribution < 1.29 is 17.9 Å². The Labute approximate surface area is 104 Å². The van der Waals surface area contributed by atoms with E-state index in [4.69, 9.17) is 5.26 Å². The van der Waals surface area contributed by atoms with E-state index in [0.29, 0.717) is 0 Å². The Kier molecular flexibility index (Phi) is 3.16. The van der Waals surface area contributed by atoms with Gasteiger partial charge in [-0.15, -0.1) is 4.40 Å². The third kappa shape index (κ3) is 2.57. The van der Waals surface area contributed by atoms with Gasteiger partial charge in [0.2, 0.25) is 0 Å². The van der Waals surface area contributed by atoms with Gasteiger partial charge < -0.3 is 9.64 Å². The molecule has 0 aromatic carbocycles. The van der Waals surface area contributed by atoms with Gasteiger partial charge in [0.1, 0.15) is 11.9 Å². The summed E-state index contributed by atoms with van der Waals surface area (Å²) in [6.07, 6.45) is 4.31. The number of esters is 1. The minimum atomic E-state index is -3.40. The highest BCUT2D eigenvalue weighted by Crippen LogP contribution is 2.16. The lowest BCUT2D eigenvalue weighted by Gasteiger charge is -2.26. The molecule has 0 unspecified atom stereocenters. The molecule has 0 saturated heterocycles. The highest BCUT2D eigenvalue weighted by molar-refractivity contribution is 7.90. The first kappa shape index (κ1) is 12.3. The molecule has 94 valence electrons. The Morgan fingerprint density at radius 3 is 3.06 bits per heavy atom. The standard InChI is InChI=1S/C10H9N3O4S/c11-3-5-17-10(14)8-1-2-9-12-18(15,16)6-4-13(9)7-8/h1-2,7H,4-6H2. The van der Waals surface area contributed by atoms with Crippen LogP contribution in [0.2, 0.25) is 0 Å². The topological polar surface area (TPSA) is 99.8 Å². The SMILES string of the molecule is N#CCOC(=O)C1=CN2CCS(=O)(=O)N=C2C=C1.